The molecule has 2 aromatic carbocycles. The molecule has 4 aliphatic carbocycles. The van der Waals surface area contributed by atoms with Gasteiger partial charge in [-0.2, -0.15) is 0 Å². The van der Waals surface area contributed by atoms with Gasteiger partial charge in [-0.15, -0.1) is 0 Å². The van der Waals surface area contributed by atoms with Gasteiger partial charge < -0.3 is 34.1 Å². The molecule has 1 saturated heterocycles. The first kappa shape index (κ1) is 40.3. The number of carbonyl (C=O) groups is 6. The normalized spacial score (nSPS) is 33.3. The molecule has 4 fully saturated rings. The fourth-order valence-corrected chi connectivity index (χ4v) is 10.2. The predicted molar refractivity (Wildman–Crippen MR) is 202 cm³/mol. The average Bonchev–Trinajstić information content (AvgIpc) is 3.87. The van der Waals surface area contributed by atoms with Crippen molar-refractivity contribution >= 4 is 35.6 Å². The number of aliphatic hydroxyl groups is 1. The van der Waals surface area contributed by atoms with E-state index in [1.54, 1.807) is 88.4 Å². The molecule has 2 N–H and O–H groups in total. The smallest absolute Gasteiger partial charge is 0.408 e. The highest BCUT2D eigenvalue weighted by Gasteiger charge is 2.83. The standard InChI is InChI=1S/C44H51NO12/c1-23-28(54-38(51)33(48)31(25-15-11-9-12-16-25)45-39(52)57-40(3,4)5)21-42(8)36(55-37(50)26-17-13-10-14-18-26)34-43(35(49)32(47)30(23)41(42,6)7)20-27(43)19-29-44(34,22-53-29)56-24(2)46/h9-18,27-29,31,33-34,36,48H,19-22H2,1-8H3,(H,45,52)/t27?,28-,29+,31-,33+,34-,36-,42-,43+,44-/m0/s1. The topological polar surface area (TPSA) is 181 Å². The molecule has 2 aromatic rings. The van der Waals surface area contributed by atoms with E-state index in [4.69, 9.17) is 23.7 Å². The fourth-order valence-electron chi connectivity index (χ4n) is 10.2. The van der Waals surface area contributed by atoms with E-state index in [0.717, 1.165) is 0 Å². The molecule has 7 rings (SSSR count). The summed E-state index contributed by atoms with van der Waals surface area (Å²) in [7, 11) is 0. The first-order valence-electron chi connectivity index (χ1n) is 19.5. The summed E-state index contributed by atoms with van der Waals surface area (Å²) in [5, 5.41) is 14.2. The molecule has 57 heavy (non-hydrogen) atoms. The van der Waals surface area contributed by atoms with Crippen LogP contribution in [0.25, 0.3) is 0 Å². The molecule has 1 spiro atoms. The number of alkyl carbamates (subject to hydrolysis) is 1. The Morgan fingerprint density at radius 3 is 2.14 bits per heavy atom. The van der Waals surface area contributed by atoms with Crippen LogP contribution in [-0.2, 0) is 42.9 Å². The van der Waals surface area contributed by atoms with Gasteiger partial charge in [0.25, 0.3) is 0 Å². The molecule has 0 radical (unpaired) electrons. The number of hydrogen-bond donors (Lipinski definition) is 2. The van der Waals surface area contributed by atoms with Crippen LogP contribution in [0.2, 0.25) is 0 Å². The van der Waals surface area contributed by atoms with Crippen molar-refractivity contribution in [2.75, 3.05) is 6.61 Å². The Bertz CT molecular complexity index is 2040. The zero-order valence-corrected chi connectivity index (χ0v) is 33.6. The molecular formula is C44H51NO12. The summed E-state index contributed by atoms with van der Waals surface area (Å²) in [5.74, 6) is -5.08. The van der Waals surface area contributed by atoms with Crippen LogP contribution in [0.5, 0.6) is 0 Å². The van der Waals surface area contributed by atoms with Crippen molar-refractivity contribution < 1.29 is 57.6 Å². The van der Waals surface area contributed by atoms with Crippen LogP contribution >= 0.6 is 0 Å². The number of ether oxygens (including phenoxy) is 5. The molecule has 13 nitrogen and oxygen atoms in total. The van der Waals surface area contributed by atoms with Crippen LogP contribution in [0.3, 0.4) is 0 Å². The number of ketones is 2. The van der Waals surface area contributed by atoms with Crippen LogP contribution < -0.4 is 5.32 Å². The number of carbonyl (C=O) groups excluding carboxylic acids is 6. The zero-order valence-electron chi connectivity index (χ0n) is 33.6. The first-order chi connectivity index (χ1) is 26.7. The molecular weight excluding hydrogens is 734 g/mol. The number of esters is 3. The number of benzene rings is 2. The Labute approximate surface area is 331 Å². The van der Waals surface area contributed by atoms with E-state index in [-0.39, 0.29) is 30.1 Å². The van der Waals surface area contributed by atoms with Crippen molar-refractivity contribution in [3.8, 4) is 0 Å². The summed E-state index contributed by atoms with van der Waals surface area (Å²) in [6.45, 7) is 13.3. The van der Waals surface area contributed by atoms with E-state index in [9.17, 15) is 33.9 Å². The largest absolute Gasteiger partial charge is 0.458 e. The molecule has 13 heteroatoms. The Balaban J connectivity index is 1.33. The first-order valence-corrected chi connectivity index (χ1v) is 19.5. The van der Waals surface area contributed by atoms with E-state index in [1.807, 2.05) is 20.8 Å². The zero-order chi connectivity index (χ0) is 41.5. The maximum atomic E-state index is 14.9. The van der Waals surface area contributed by atoms with Gasteiger partial charge in [-0.1, -0.05) is 69.3 Å². The third-order valence-electron chi connectivity index (χ3n) is 13.3. The molecule has 2 bridgehead atoms. The molecule has 1 unspecified atom stereocenters. The summed E-state index contributed by atoms with van der Waals surface area (Å²) >= 11 is 0. The molecule has 1 aliphatic heterocycles. The maximum absolute atomic E-state index is 14.9. The summed E-state index contributed by atoms with van der Waals surface area (Å²) in [6, 6.07) is 15.5. The lowest BCUT2D eigenvalue weighted by Gasteiger charge is -2.64. The number of nitrogens with one attached hydrogen (secondary N) is 1. The Morgan fingerprint density at radius 1 is 0.930 bits per heavy atom. The second kappa shape index (κ2) is 13.9. The average molecular weight is 786 g/mol. The van der Waals surface area contributed by atoms with E-state index >= 15 is 0 Å². The van der Waals surface area contributed by atoms with Gasteiger partial charge in [0.15, 0.2) is 11.7 Å². The quantitative estimate of drug-likeness (QED) is 0.199. The van der Waals surface area contributed by atoms with Crippen molar-refractivity contribution in [3.63, 3.8) is 0 Å². The van der Waals surface area contributed by atoms with Gasteiger partial charge in [0.05, 0.1) is 29.5 Å². The SMILES string of the molecule is CC(=O)O[C@@]12CO[C@@H]1CC1C[C@@]13C(=O)C(=O)C1=C(C)[C@@H](OC(=O)[C@H](O)[C@@H](NC(=O)OC(C)(C)C)c4ccccc4)C[C@@](C)([C@@H](OC(=O)c4ccccc4)[C@H]23)C1(C)C. The monoisotopic (exact) mass is 785 g/mol. The van der Waals surface area contributed by atoms with E-state index < -0.39 is 99.4 Å². The van der Waals surface area contributed by atoms with E-state index in [0.29, 0.717) is 24.0 Å². The number of aliphatic hydroxyl groups excluding tert-OH is 1. The molecule has 1 amide bonds. The minimum absolute atomic E-state index is 0.0174. The third kappa shape index (κ3) is 6.47. The number of fused-ring (bicyclic) bond motifs is 4. The second-order valence-corrected chi connectivity index (χ2v) is 18.1. The van der Waals surface area contributed by atoms with Crippen LogP contribution in [0.1, 0.15) is 96.6 Å². The molecule has 0 aromatic heterocycles. The van der Waals surface area contributed by atoms with Crippen LogP contribution in [0, 0.1) is 28.1 Å². The van der Waals surface area contributed by atoms with Crippen LogP contribution in [0.15, 0.2) is 71.8 Å². The number of amides is 1. The fraction of sp³-hybridized carbons (Fsp3) is 0.545. The molecule has 3 saturated carbocycles. The lowest BCUT2D eigenvalue weighted by atomic mass is 9.45. The molecule has 304 valence electrons. The lowest BCUT2D eigenvalue weighted by Crippen LogP contribution is -2.76. The summed E-state index contributed by atoms with van der Waals surface area (Å²) in [4.78, 5) is 83.9. The Hall–Kier alpha value is -4.88. The number of hydrogen-bond acceptors (Lipinski definition) is 12. The molecule has 1 heterocycles. The number of rotatable bonds is 8. The van der Waals surface area contributed by atoms with Crippen molar-refractivity contribution in [3.05, 3.63) is 82.9 Å². The van der Waals surface area contributed by atoms with Gasteiger partial charge in [0.1, 0.15) is 23.9 Å². The van der Waals surface area contributed by atoms with Crippen LogP contribution in [0.4, 0.5) is 4.79 Å². The van der Waals surface area contributed by atoms with Gasteiger partial charge in [0.2, 0.25) is 11.6 Å². The highest BCUT2D eigenvalue weighted by molar-refractivity contribution is 6.46. The minimum atomic E-state index is -1.94. The highest BCUT2D eigenvalue weighted by atomic mass is 16.6. The Morgan fingerprint density at radius 2 is 1.56 bits per heavy atom. The Kier molecular flexibility index (Phi) is 9.83. The van der Waals surface area contributed by atoms with Gasteiger partial charge >= 0.3 is 24.0 Å². The van der Waals surface area contributed by atoms with E-state index in [2.05, 4.69) is 5.32 Å². The predicted octanol–water partition coefficient (Wildman–Crippen LogP) is 5.38. The summed E-state index contributed by atoms with van der Waals surface area (Å²) < 4.78 is 30.4. The second-order valence-electron chi connectivity index (χ2n) is 18.1. The van der Waals surface area contributed by atoms with Gasteiger partial charge in [-0.3, -0.25) is 14.4 Å². The van der Waals surface area contributed by atoms with Crippen molar-refractivity contribution in [2.45, 2.75) is 116 Å². The molecule has 5 aliphatic rings. The highest BCUT2D eigenvalue weighted by Crippen LogP contribution is 2.75. The summed E-state index contributed by atoms with van der Waals surface area (Å²) in [5.41, 5.74) is -4.90. The number of allylic oxidation sites excluding steroid dienone is 1. The third-order valence-corrected chi connectivity index (χ3v) is 13.3. The van der Waals surface area contributed by atoms with Crippen molar-refractivity contribution in [1.29, 1.82) is 0 Å². The lowest BCUT2D eigenvalue weighted by molar-refractivity contribution is -0.315. The minimum Gasteiger partial charge on any atom is -0.458 e. The van der Waals surface area contributed by atoms with Gasteiger partial charge in [0, 0.05) is 23.3 Å². The summed E-state index contributed by atoms with van der Waals surface area (Å²) in [6.07, 6.45) is -5.09. The van der Waals surface area contributed by atoms with Crippen LogP contribution in [-0.4, -0.2) is 82.9 Å². The van der Waals surface area contributed by atoms with E-state index in [1.165, 1.54) is 6.92 Å². The van der Waals surface area contributed by atoms with Crippen molar-refractivity contribution in [1.82, 2.24) is 5.32 Å². The number of Topliss-reactive ketones (excluding diaryl/α,β-unsaturated/α-hetero) is 2. The molecule has 10 atom stereocenters. The van der Waals surface area contributed by atoms with Gasteiger partial charge in [-0.05, 0) is 76.1 Å². The van der Waals surface area contributed by atoms with Crippen molar-refractivity contribution in [2.24, 2.45) is 28.1 Å². The maximum Gasteiger partial charge on any atom is 0.408 e. The van der Waals surface area contributed by atoms with Gasteiger partial charge in [-0.25, -0.2) is 14.4 Å².